The summed E-state index contributed by atoms with van der Waals surface area (Å²) in [6.45, 7) is 5.12. The first-order valence-corrected chi connectivity index (χ1v) is 8.83. The van der Waals surface area contributed by atoms with Gasteiger partial charge < -0.3 is 5.32 Å². The van der Waals surface area contributed by atoms with Gasteiger partial charge >= 0.3 is 0 Å². The van der Waals surface area contributed by atoms with Crippen LogP contribution in [0, 0.1) is 19.7 Å². The highest BCUT2D eigenvalue weighted by molar-refractivity contribution is 5.71. The van der Waals surface area contributed by atoms with Gasteiger partial charge in [-0.15, -0.1) is 0 Å². The monoisotopic (exact) mass is 335 g/mol. The van der Waals surface area contributed by atoms with Gasteiger partial charge in [-0.1, -0.05) is 18.2 Å². The predicted octanol–water partition coefficient (Wildman–Crippen LogP) is 5.04. The number of aromatic nitrogens is 2. The van der Waals surface area contributed by atoms with Crippen LogP contribution in [0.5, 0.6) is 0 Å². The molecule has 1 N–H and O–H groups in total. The van der Waals surface area contributed by atoms with Crippen molar-refractivity contribution in [2.45, 2.75) is 33.1 Å². The summed E-state index contributed by atoms with van der Waals surface area (Å²) >= 11 is 0. The van der Waals surface area contributed by atoms with Crippen molar-refractivity contribution in [1.82, 2.24) is 9.78 Å². The molecule has 0 radical (unpaired) electrons. The maximum absolute atomic E-state index is 14.4. The molecule has 0 aliphatic carbocycles. The minimum absolute atomic E-state index is 0.223. The normalized spacial score (nSPS) is 13.9. The Morgan fingerprint density at radius 3 is 2.68 bits per heavy atom. The number of hydrogen-bond donors (Lipinski definition) is 1. The summed E-state index contributed by atoms with van der Waals surface area (Å²) in [6.07, 6.45) is 3.11. The largest absolute Gasteiger partial charge is 0.370 e. The number of rotatable bonds is 2. The van der Waals surface area contributed by atoms with Gasteiger partial charge in [-0.25, -0.2) is 9.07 Å². The molecule has 25 heavy (non-hydrogen) atoms. The lowest BCUT2D eigenvalue weighted by Crippen LogP contribution is -2.07. The Morgan fingerprint density at radius 1 is 1.04 bits per heavy atom. The van der Waals surface area contributed by atoms with Gasteiger partial charge in [0.15, 0.2) is 0 Å². The topological polar surface area (TPSA) is 29.9 Å². The Bertz CT molecular complexity index is 927. The Morgan fingerprint density at radius 2 is 1.88 bits per heavy atom. The quantitative estimate of drug-likeness (QED) is 0.711. The average Bonchev–Trinajstić information content (AvgIpc) is 2.79. The standard InChI is InChI=1S/C21H22FN3/c1-14-10-11-16(13-15(14)2)25-21-18(8-5-6-12-23-21)20(24-25)17-7-3-4-9-19(17)22/h3-4,7,9-11,13,23H,5-6,8,12H2,1-2H3. The maximum Gasteiger partial charge on any atom is 0.133 e. The molecule has 4 heteroatoms. The van der Waals surface area contributed by atoms with Crippen LogP contribution in [-0.2, 0) is 6.42 Å². The van der Waals surface area contributed by atoms with Gasteiger partial charge in [0.1, 0.15) is 17.3 Å². The van der Waals surface area contributed by atoms with Crippen LogP contribution in [0.25, 0.3) is 16.9 Å². The molecular formula is C21H22FN3. The maximum atomic E-state index is 14.4. The smallest absolute Gasteiger partial charge is 0.133 e. The number of anilines is 1. The molecular weight excluding hydrogens is 313 g/mol. The van der Waals surface area contributed by atoms with E-state index in [0.29, 0.717) is 5.56 Å². The van der Waals surface area contributed by atoms with Crippen molar-refractivity contribution in [2.24, 2.45) is 0 Å². The molecule has 3 nitrogen and oxygen atoms in total. The van der Waals surface area contributed by atoms with Gasteiger partial charge in [-0.2, -0.15) is 5.10 Å². The van der Waals surface area contributed by atoms with E-state index in [0.717, 1.165) is 48.6 Å². The average molecular weight is 335 g/mol. The van der Waals surface area contributed by atoms with E-state index in [1.54, 1.807) is 6.07 Å². The van der Waals surface area contributed by atoms with Crippen molar-refractivity contribution in [1.29, 1.82) is 0 Å². The van der Waals surface area contributed by atoms with Gasteiger partial charge in [-0.3, -0.25) is 0 Å². The van der Waals surface area contributed by atoms with Crippen LogP contribution in [0.4, 0.5) is 10.2 Å². The van der Waals surface area contributed by atoms with Crippen LogP contribution in [-0.4, -0.2) is 16.3 Å². The molecule has 0 bridgehead atoms. The lowest BCUT2D eigenvalue weighted by Gasteiger charge is -2.10. The zero-order valence-electron chi connectivity index (χ0n) is 14.6. The number of fused-ring (bicyclic) bond motifs is 1. The third kappa shape index (κ3) is 2.82. The lowest BCUT2D eigenvalue weighted by molar-refractivity contribution is 0.630. The first-order valence-electron chi connectivity index (χ1n) is 8.83. The van der Waals surface area contributed by atoms with Crippen LogP contribution >= 0.6 is 0 Å². The van der Waals surface area contributed by atoms with E-state index in [1.807, 2.05) is 16.8 Å². The molecule has 0 saturated heterocycles. The molecule has 2 aromatic carbocycles. The molecule has 1 aliphatic heterocycles. The van der Waals surface area contributed by atoms with E-state index in [1.165, 1.54) is 17.2 Å². The summed E-state index contributed by atoms with van der Waals surface area (Å²) in [5.74, 6) is 0.776. The van der Waals surface area contributed by atoms with Crippen LogP contribution in [0.3, 0.4) is 0 Å². The molecule has 0 amide bonds. The van der Waals surface area contributed by atoms with Crippen LogP contribution in [0.1, 0.15) is 29.5 Å². The van der Waals surface area contributed by atoms with Gasteiger partial charge in [-0.05, 0) is 68.5 Å². The van der Waals surface area contributed by atoms with E-state index in [4.69, 9.17) is 5.10 Å². The van der Waals surface area contributed by atoms with Crippen LogP contribution in [0.2, 0.25) is 0 Å². The molecule has 0 unspecified atom stereocenters. The zero-order chi connectivity index (χ0) is 17.4. The summed E-state index contributed by atoms with van der Waals surface area (Å²) in [6, 6.07) is 13.2. The Balaban J connectivity index is 1.93. The minimum Gasteiger partial charge on any atom is -0.370 e. The Labute approximate surface area is 147 Å². The highest BCUT2D eigenvalue weighted by Gasteiger charge is 2.23. The third-order valence-electron chi connectivity index (χ3n) is 4.99. The second-order valence-electron chi connectivity index (χ2n) is 6.72. The fourth-order valence-corrected chi connectivity index (χ4v) is 3.42. The number of halogens is 1. The highest BCUT2D eigenvalue weighted by atomic mass is 19.1. The van der Waals surface area contributed by atoms with Crippen molar-refractivity contribution in [3.63, 3.8) is 0 Å². The molecule has 0 atom stereocenters. The first-order chi connectivity index (χ1) is 12.1. The Kier molecular flexibility index (Phi) is 4.04. The van der Waals surface area contributed by atoms with Crippen molar-refractivity contribution in [2.75, 3.05) is 11.9 Å². The minimum atomic E-state index is -0.223. The molecule has 1 aromatic heterocycles. The fraction of sp³-hybridized carbons (Fsp3) is 0.286. The van der Waals surface area contributed by atoms with Gasteiger partial charge in [0, 0.05) is 17.7 Å². The molecule has 0 spiro atoms. The Hall–Kier alpha value is -2.62. The number of nitrogens with one attached hydrogen (secondary N) is 1. The van der Waals surface area contributed by atoms with Gasteiger partial charge in [0.2, 0.25) is 0 Å². The van der Waals surface area contributed by atoms with E-state index in [2.05, 4.69) is 37.4 Å². The molecule has 0 saturated carbocycles. The van der Waals surface area contributed by atoms with E-state index in [9.17, 15) is 4.39 Å². The second-order valence-corrected chi connectivity index (χ2v) is 6.72. The molecule has 1 aliphatic rings. The number of hydrogen-bond acceptors (Lipinski definition) is 2. The fourth-order valence-electron chi connectivity index (χ4n) is 3.42. The second kappa shape index (κ2) is 6.36. The van der Waals surface area contributed by atoms with E-state index < -0.39 is 0 Å². The SMILES string of the molecule is Cc1ccc(-n2nc(-c3ccccc3F)c3c2NCCCC3)cc1C. The predicted molar refractivity (Wildman–Crippen MR) is 99.9 cm³/mol. The van der Waals surface area contributed by atoms with Crippen LogP contribution in [0.15, 0.2) is 42.5 Å². The number of nitrogens with zero attached hydrogens (tertiary/aromatic N) is 2. The summed E-state index contributed by atoms with van der Waals surface area (Å²) in [5, 5.41) is 8.33. The van der Waals surface area contributed by atoms with Gasteiger partial charge in [0.05, 0.1) is 5.69 Å². The molecule has 0 fully saturated rings. The van der Waals surface area contributed by atoms with Crippen molar-refractivity contribution >= 4 is 5.82 Å². The lowest BCUT2D eigenvalue weighted by atomic mass is 10.0. The summed E-state index contributed by atoms with van der Waals surface area (Å²) in [7, 11) is 0. The summed E-state index contributed by atoms with van der Waals surface area (Å²) < 4.78 is 16.3. The molecule has 4 rings (SSSR count). The molecule has 2 heterocycles. The first kappa shape index (κ1) is 15.9. The molecule has 128 valence electrons. The number of aryl methyl sites for hydroxylation is 2. The van der Waals surface area contributed by atoms with Crippen molar-refractivity contribution in [3.8, 4) is 16.9 Å². The third-order valence-corrected chi connectivity index (χ3v) is 4.99. The number of benzene rings is 2. The molecule has 3 aromatic rings. The summed E-state index contributed by atoms with van der Waals surface area (Å²) in [4.78, 5) is 0. The summed E-state index contributed by atoms with van der Waals surface area (Å²) in [5.41, 5.74) is 5.93. The van der Waals surface area contributed by atoms with Crippen molar-refractivity contribution in [3.05, 3.63) is 65.0 Å². The van der Waals surface area contributed by atoms with Crippen LogP contribution < -0.4 is 5.32 Å². The van der Waals surface area contributed by atoms with E-state index in [-0.39, 0.29) is 5.82 Å². The highest BCUT2D eigenvalue weighted by Crippen LogP contribution is 2.35. The van der Waals surface area contributed by atoms with Gasteiger partial charge in [0.25, 0.3) is 0 Å². The zero-order valence-corrected chi connectivity index (χ0v) is 14.6. The van der Waals surface area contributed by atoms with E-state index >= 15 is 0 Å². The van der Waals surface area contributed by atoms with Crippen molar-refractivity contribution < 1.29 is 4.39 Å².